The van der Waals surface area contributed by atoms with Crippen molar-refractivity contribution in [1.82, 2.24) is 10.2 Å². The van der Waals surface area contributed by atoms with Crippen molar-refractivity contribution in [2.24, 2.45) is 0 Å². The SMILES string of the molecule is O=C(NCCN1CCN(c2ccc(F)cc2)CC1)C1(c2cccs2)CCCC1. The summed E-state index contributed by atoms with van der Waals surface area (Å²) in [6, 6.07) is 10.9. The predicted octanol–water partition coefficient (Wildman–Crippen LogP) is 3.64. The van der Waals surface area contributed by atoms with Crippen molar-refractivity contribution in [2.75, 3.05) is 44.2 Å². The molecule has 0 bridgehead atoms. The largest absolute Gasteiger partial charge is 0.369 e. The van der Waals surface area contributed by atoms with Gasteiger partial charge in [-0.05, 0) is 48.6 Å². The number of hydrogen-bond donors (Lipinski definition) is 1. The summed E-state index contributed by atoms with van der Waals surface area (Å²) in [6.45, 7) is 5.36. The number of piperazine rings is 1. The van der Waals surface area contributed by atoms with Gasteiger partial charge in [-0.1, -0.05) is 18.9 Å². The van der Waals surface area contributed by atoms with Crippen molar-refractivity contribution in [3.05, 3.63) is 52.5 Å². The fourth-order valence-corrected chi connectivity index (χ4v) is 5.48. The molecule has 1 amide bonds. The zero-order chi connectivity index (χ0) is 19.4. The maximum atomic E-state index is 13.1. The highest BCUT2D eigenvalue weighted by Gasteiger charge is 2.43. The first kappa shape index (κ1) is 19.4. The number of rotatable bonds is 6. The van der Waals surface area contributed by atoms with E-state index in [1.54, 1.807) is 11.3 Å². The average molecular weight is 402 g/mol. The molecule has 2 aliphatic rings. The minimum Gasteiger partial charge on any atom is -0.369 e. The van der Waals surface area contributed by atoms with Crippen molar-refractivity contribution in [3.63, 3.8) is 0 Å². The second-order valence-electron chi connectivity index (χ2n) is 7.83. The molecule has 0 unspecified atom stereocenters. The van der Waals surface area contributed by atoms with Gasteiger partial charge in [0.05, 0.1) is 5.41 Å². The molecule has 2 aromatic rings. The summed E-state index contributed by atoms with van der Waals surface area (Å²) >= 11 is 1.71. The molecule has 6 heteroatoms. The lowest BCUT2D eigenvalue weighted by Gasteiger charge is -2.36. The van der Waals surface area contributed by atoms with Gasteiger partial charge in [-0.25, -0.2) is 4.39 Å². The highest BCUT2D eigenvalue weighted by Crippen LogP contribution is 2.43. The number of nitrogens with zero attached hydrogens (tertiary/aromatic N) is 2. The summed E-state index contributed by atoms with van der Waals surface area (Å²) in [7, 11) is 0. The fraction of sp³-hybridized carbons (Fsp3) is 0.500. The monoisotopic (exact) mass is 401 g/mol. The lowest BCUT2D eigenvalue weighted by atomic mass is 9.83. The zero-order valence-electron chi connectivity index (χ0n) is 16.2. The summed E-state index contributed by atoms with van der Waals surface area (Å²) in [6.07, 6.45) is 4.21. The van der Waals surface area contributed by atoms with Crippen LogP contribution in [0.2, 0.25) is 0 Å². The smallest absolute Gasteiger partial charge is 0.231 e. The third-order valence-corrected chi connectivity index (χ3v) is 7.24. The van der Waals surface area contributed by atoms with Crippen LogP contribution in [0.15, 0.2) is 41.8 Å². The first-order valence-corrected chi connectivity index (χ1v) is 11.1. The Morgan fingerprint density at radius 2 is 1.79 bits per heavy atom. The van der Waals surface area contributed by atoms with Crippen molar-refractivity contribution in [1.29, 1.82) is 0 Å². The molecule has 1 saturated carbocycles. The maximum absolute atomic E-state index is 13.1. The van der Waals surface area contributed by atoms with Crippen molar-refractivity contribution >= 4 is 22.9 Å². The maximum Gasteiger partial charge on any atom is 0.231 e. The molecule has 2 fully saturated rings. The number of hydrogen-bond acceptors (Lipinski definition) is 4. The highest BCUT2D eigenvalue weighted by atomic mass is 32.1. The number of thiophene rings is 1. The molecular weight excluding hydrogens is 373 g/mol. The topological polar surface area (TPSA) is 35.6 Å². The molecule has 0 radical (unpaired) electrons. The van der Waals surface area contributed by atoms with Gasteiger partial charge >= 0.3 is 0 Å². The van der Waals surface area contributed by atoms with Gasteiger partial charge in [0, 0.05) is 49.8 Å². The molecular formula is C22H28FN3OS. The predicted molar refractivity (Wildman–Crippen MR) is 113 cm³/mol. The Kier molecular flexibility index (Phi) is 5.97. The number of nitrogens with one attached hydrogen (secondary N) is 1. The van der Waals surface area contributed by atoms with Crippen molar-refractivity contribution < 1.29 is 9.18 Å². The summed E-state index contributed by atoms with van der Waals surface area (Å²) in [4.78, 5) is 18.9. The van der Waals surface area contributed by atoms with Gasteiger partial charge in [0.25, 0.3) is 0 Å². The Bertz CT molecular complexity index is 764. The number of anilines is 1. The van der Waals surface area contributed by atoms with Crippen LogP contribution in [0.4, 0.5) is 10.1 Å². The molecule has 1 N–H and O–H groups in total. The average Bonchev–Trinajstić information content (AvgIpc) is 3.42. The van der Waals surface area contributed by atoms with E-state index in [9.17, 15) is 9.18 Å². The van der Waals surface area contributed by atoms with E-state index in [-0.39, 0.29) is 17.1 Å². The fourth-order valence-electron chi connectivity index (χ4n) is 4.49. The van der Waals surface area contributed by atoms with Crippen LogP contribution in [0.25, 0.3) is 0 Å². The number of amides is 1. The van der Waals surface area contributed by atoms with Crippen LogP contribution < -0.4 is 10.2 Å². The van der Waals surface area contributed by atoms with E-state index in [1.165, 1.54) is 17.0 Å². The van der Waals surface area contributed by atoms with E-state index >= 15 is 0 Å². The third-order valence-electron chi connectivity index (χ3n) is 6.16. The molecule has 2 heterocycles. The Morgan fingerprint density at radius 3 is 2.43 bits per heavy atom. The van der Waals surface area contributed by atoms with Crippen molar-refractivity contribution in [2.45, 2.75) is 31.1 Å². The van der Waals surface area contributed by atoms with E-state index in [1.807, 2.05) is 18.2 Å². The van der Waals surface area contributed by atoms with Crippen LogP contribution in [0.1, 0.15) is 30.6 Å². The van der Waals surface area contributed by atoms with Gasteiger partial charge in [0.1, 0.15) is 5.82 Å². The molecule has 4 rings (SSSR count). The molecule has 4 nitrogen and oxygen atoms in total. The molecule has 150 valence electrons. The summed E-state index contributed by atoms with van der Waals surface area (Å²) in [5.41, 5.74) is 0.781. The van der Waals surface area contributed by atoms with E-state index < -0.39 is 0 Å². The normalized spacial score (nSPS) is 19.7. The number of halogens is 1. The summed E-state index contributed by atoms with van der Waals surface area (Å²) in [5, 5.41) is 5.29. The van der Waals surface area contributed by atoms with E-state index in [0.717, 1.165) is 64.1 Å². The molecule has 0 atom stereocenters. The van der Waals surface area contributed by atoms with E-state index in [0.29, 0.717) is 6.54 Å². The van der Waals surface area contributed by atoms with Crippen molar-refractivity contribution in [3.8, 4) is 0 Å². The lowest BCUT2D eigenvalue weighted by molar-refractivity contribution is -0.126. The van der Waals surface area contributed by atoms with Gasteiger partial charge in [0.2, 0.25) is 5.91 Å². The Hall–Kier alpha value is -1.92. The molecule has 1 saturated heterocycles. The van der Waals surface area contributed by atoms with Gasteiger partial charge in [-0.15, -0.1) is 11.3 Å². The summed E-state index contributed by atoms with van der Waals surface area (Å²) < 4.78 is 13.1. The number of carbonyl (C=O) groups excluding carboxylic acids is 1. The molecule has 1 aliphatic heterocycles. The molecule has 1 aliphatic carbocycles. The van der Waals surface area contributed by atoms with Crippen LogP contribution in [0, 0.1) is 5.82 Å². The second kappa shape index (κ2) is 8.62. The highest BCUT2D eigenvalue weighted by molar-refractivity contribution is 7.10. The first-order valence-electron chi connectivity index (χ1n) is 10.2. The molecule has 0 spiro atoms. The van der Waals surface area contributed by atoms with Crippen LogP contribution in [-0.2, 0) is 10.2 Å². The van der Waals surface area contributed by atoms with Gasteiger partial charge in [0.15, 0.2) is 0 Å². The zero-order valence-corrected chi connectivity index (χ0v) is 17.0. The van der Waals surface area contributed by atoms with E-state index in [2.05, 4.69) is 26.6 Å². The van der Waals surface area contributed by atoms with Gasteiger partial charge < -0.3 is 10.2 Å². The number of benzene rings is 1. The number of carbonyl (C=O) groups is 1. The minimum atomic E-state index is -0.296. The third kappa shape index (κ3) is 4.08. The van der Waals surface area contributed by atoms with Crippen LogP contribution in [0.5, 0.6) is 0 Å². The summed E-state index contributed by atoms with van der Waals surface area (Å²) in [5.74, 6) is 0.0121. The lowest BCUT2D eigenvalue weighted by Crippen LogP contribution is -2.50. The molecule has 1 aromatic heterocycles. The Balaban J connectivity index is 1.24. The van der Waals surface area contributed by atoms with Gasteiger partial charge in [-0.3, -0.25) is 9.69 Å². The second-order valence-corrected chi connectivity index (χ2v) is 8.78. The molecule has 1 aromatic carbocycles. The van der Waals surface area contributed by atoms with Crippen LogP contribution >= 0.6 is 11.3 Å². The Morgan fingerprint density at radius 1 is 1.07 bits per heavy atom. The Labute approximate surface area is 170 Å². The minimum absolute atomic E-state index is 0.194. The first-order chi connectivity index (χ1) is 13.7. The van der Waals surface area contributed by atoms with Crippen LogP contribution in [-0.4, -0.2) is 50.1 Å². The standard InChI is InChI=1S/C22H28FN3OS/c23-18-5-7-19(8-6-18)26-15-13-25(14-16-26)12-11-24-21(27)22(9-1-2-10-22)20-4-3-17-28-20/h3-8,17H,1-2,9-16H2,(H,24,27). The van der Waals surface area contributed by atoms with E-state index in [4.69, 9.17) is 0 Å². The quantitative estimate of drug-likeness (QED) is 0.803. The van der Waals surface area contributed by atoms with Gasteiger partial charge in [-0.2, -0.15) is 0 Å². The van der Waals surface area contributed by atoms with Crippen LogP contribution in [0.3, 0.4) is 0 Å². The molecule has 28 heavy (non-hydrogen) atoms.